The monoisotopic (exact) mass is 298 g/mol. The number of carbonyl (C=O) groups is 1. The third-order valence-corrected chi connectivity index (χ3v) is 4.38. The van der Waals surface area contributed by atoms with Gasteiger partial charge in [0.05, 0.1) is 0 Å². The lowest BCUT2D eigenvalue weighted by atomic mass is 10.2. The molecule has 4 heteroatoms. The number of nitrogens with zero attached hydrogens (tertiary/aromatic N) is 2. The van der Waals surface area contributed by atoms with Crippen LogP contribution in [0.25, 0.3) is 6.08 Å². The molecule has 0 spiro atoms. The molecule has 0 atom stereocenters. The lowest BCUT2D eigenvalue weighted by Gasteiger charge is -2.35. The highest BCUT2D eigenvalue weighted by Crippen LogP contribution is 2.16. The van der Waals surface area contributed by atoms with E-state index < -0.39 is 0 Å². The molecular formula is C17H18N2OS. The third-order valence-electron chi connectivity index (χ3n) is 3.67. The van der Waals surface area contributed by atoms with Crippen molar-refractivity contribution in [3.63, 3.8) is 0 Å². The predicted molar refractivity (Wildman–Crippen MR) is 88.6 cm³/mol. The Balaban J connectivity index is 1.55. The van der Waals surface area contributed by atoms with E-state index in [-0.39, 0.29) is 5.91 Å². The summed E-state index contributed by atoms with van der Waals surface area (Å²) in [4.78, 5) is 16.4. The number of anilines is 1. The van der Waals surface area contributed by atoms with Crippen molar-refractivity contribution in [2.24, 2.45) is 0 Å². The summed E-state index contributed by atoms with van der Waals surface area (Å²) < 4.78 is 0. The number of piperazine rings is 1. The molecule has 1 aliphatic heterocycles. The molecule has 108 valence electrons. The van der Waals surface area contributed by atoms with Gasteiger partial charge in [-0.05, 0) is 40.6 Å². The Kier molecular flexibility index (Phi) is 4.36. The number of rotatable bonds is 3. The highest BCUT2D eigenvalue weighted by atomic mass is 32.1. The predicted octanol–water partition coefficient (Wildman–Crippen LogP) is 3.11. The number of para-hydroxylation sites is 1. The van der Waals surface area contributed by atoms with Gasteiger partial charge in [0.2, 0.25) is 5.91 Å². The van der Waals surface area contributed by atoms with E-state index >= 15 is 0 Å². The maximum atomic E-state index is 12.2. The average molecular weight is 298 g/mol. The maximum Gasteiger partial charge on any atom is 0.246 e. The van der Waals surface area contributed by atoms with Crippen LogP contribution >= 0.6 is 11.3 Å². The molecule has 1 aliphatic rings. The highest BCUT2D eigenvalue weighted by Gasteiger charge is 2.19. The molecule has 2 aromatic rings. The summed E-state index contributed by atoms with van der Waals surface area (Å²) >= 11 is 1.64. The number of amides is 1. The summed E-state index contributed by atoms with van der Waals surface area (Å²) in [5, 5.41) is 4.06. The maximum absolute atomic E-state index is 12.2. The number of thiophene rings is 1. The standard InChI is InChI=1S/C17H18N2OS/c20-17(7-6-15-8-13-21-14-15)19-11-9-18(10-12-19)16-4-2-1-3-5-16/h1-8,13-14H,9-12H2/b7-6+. The van der Waals surface area contributed by atoms with Gasteiger partial charge in [0.15, 0.2) is 0 Å². The molecule has 0 N–H and O–H groups in total. The summed E-state index contributed by atoms with van der Waals surface area (Å²) in [5.41, 5.74) is 2.33. The first-order valence-electron chi connectivity index (χ1n) is 7.12. The second-order valence-electron chi connectivity index (χ2n) is 5.04. The fourth-order valence-electron chi connectivity index (χ4n) is 2.47. The van der Waals surface area contributed by atoms with E-state index in [1.807, 2.05) is 33.9 Å². The van der Waals surface area contributed by atoms with E-state index in [2.05, 4.69) is 29.2 Å². The summed E-state index contributed by atoms with van der Waals surface area (Å²) in [6, 6.07) is 12.4. The number of benzene rings is 1. The van der Waals surface area contributed by atoms with E-state index in [9.17, 15) is 4.79 Å². The van der Waals surface area contributed by atoms with E-state index in [0.29, 0.717) is 0 Å². The van der Waals surface area contributed by atoms with Crippen molar-refractivity contribution in [1.29, 1.82) is 0 Å². The van der Waals surface area contributed by atoms with Crippen molar-refractivity contribution in [3.05, 3.63) is 58.8 Å². The van der Waals surface area contributed by atoms with Crippen LogP contribution < -0.4 is 4.90 Å². The zero-order valence-corrected chi connectivity index (χ0v) is 12.6. The molecule has 1 saturated heterocycles. The molecule has 2 heterocycles. The van der Waals surface area contributed by atoms with Crippen molar-refractivity contribution < 1.29 is 4.79 Å². The molecule has 0 bridgehead atoms. The Bertz CT molecular complexity index is 599. The average Bonchev–Trinajstić information content (AvgIpc) is 3.07. The molecule has 0 unspecified atom stereocenters. The topological polar surface area (TPSA) is 23.6 Å². The molecule has 1 aromatic heterocycles. The van der Waals surface area contributed by atoms with Crippen molar-refractivity contribution in [2.75, 3.05) is 31.1 Å². The van der Waals surface area contributed by atoms with Crippen molar-refractivity contribution >= 4 is 29.0 Å². The molecule has 0 radical (unpaired) electrons. The minimum atomic E-state index is 0.105. The molecule has 1 amide bonds. The Morgan fingerprint density at radius 3 is 2.48 bits per heavy atom. The highest BCUT2D eigenvalue weighted by molar-refractivity contribution is 7.08. The van der Waals surface area contributed by atoms with Crippen LogP contribution in [-0.2, 0) is 4.79 Å². The fourth-order valence-corrected chi connectivity index (χ4v) is 3.10. The molecule has 0 aliphatic carbocycles. The van der Waals surface area contributed by atoms with Gasteiger partial charge in [-0.2, -0.15) is 11.3 Å². The lowest BCUT2D eigenvalue weighted by Crippen LogP contribution is -2.48. The van der Waals surface area contributed by atoms with Crippen LogP contribution in [0.5, 0.6) is 0 Å². The van der Waals surface area contributed by atoms with Crippen molar-refractivity contribution in [1.82, 2.24) is 4.90 Å². The summed E-state index contributed by atoms with van der Waals surface area (Å²) in [6.07, 6.45) is 3.57. The molecule has 1 aromatic carbocycles. The summed E-state index contributed by atoms with van der Waals surface area (Å²) in [6.45, 7) is 3.34. The first-order chi connectivity index (χ1) is 10.3. The number of hydrogen-bond acceptors (Lipinski definition) is 3. The van der Waals surface area contributed by atoms with Gasteiger partial charge in [0.1, 0.15) is 0 Å². The Labute approximate surface area is 129 Å². The second-order valence-corrected chi connectivity index (χ2v) is 5.82. The second kappa shape index (κ2) is 6.59. The normalized spacial score (nSPS) is 15.6. The first kappa shape index (κ1) is 13.9. The molecule has 1 fully saturated rings. The van der Waals surface area contributed by atoms with Crippen LogP contribution in [0.1, 0.15) is 5.56 Å². The molecule has 21 heavy (non-hydrogen) atoms. The molecular weight excluding hydrogens is 280 g/mol. The van der Waals surface area contributed by atoms with Gasteiger partial charge in [0.25, 0.3) is 0 Å². The van der Waals surface area contributed by atoms with Crippen LogP contribution in [-0.4, -0.2) is 37.0 Å². The van der Waals surface area contributed by atoms with Gasteiger partial charge >= 0.3 is 0 Å². The van der Waals surface area contributed by atoms with Gasteiger partial charge in [-0.1, -0.05) is 18.2 Å². The van der Waals surface area contributed by atoms with Crippen LogP contribution in [0.4, 0.5) is 5.69 Å². The summed E-state index contributed by atoms with van der Waals surface area (Å²) in [7, 11) is 0. The quantitative estimate of drug-likeness (QED) is 0.813. The Hall–Kier alpha value is -2.07. The van der Waals surface area contributed by atoms with Crippen molar-refractivity contribution in [2.45, 2.75) is 0 Å². The minimum absolute atomic E-state index is 0.105. The Morgan fingerprint density at radius 1 is 1.05 bits per heavy atom. The van der Waals surface area contributed by atoms with Gasteiger partial charge in [-0.25, -0.2) is 0 Å². The van der Waals surface area contributed by atoms with Crippen LogP contribution in [0.15, 0.2) is 53.2 Å². The van der Waals surface area contributed by atoms with Gasteiger partial charge < -0.3 is 9.80 Å². The van der Waals surface area contributed by atoms with E-state index in [4.69, 9.17) is 0 Å². The van der Waals surface area contributed by atoms with Gasteiger partial charge in [0, 0.05) is 37.9 Å². The first-order valence-corrected chi connectivity index (χ1v) is 8.06. The minimum Gasteiger partial charge on any atom is -0.368 e. The van der Waals surface area contributed by atoms with Crippen molar-refractivity contribution in [3.8, 4) is 0 Å². The zero-order chi connectivity index (χ0) is 14.5. The van der Waals surface area contributed by atoms with Crippen LogP contribution in [0.3, 0.4) is 0 Å². The molecule has 3 rings (SSSR count). The van der Waals surface area contributed by atoms with Gasteiger partial charge in [-0.3, -0.25) is 4.79 Å². The SMILES string of the molecule is O=C(/C=C/c1ccsc1)N1CCN(c2ccccc2)CC1. The fraction of sp³-hybridized carbons (Fsp3) is 0.235. The van der Waals surface area contributed by atoms with Gasteiger partial charge in [-0.15, -0.1) is 0 Å². The number of carbonyl (C=O) groups excluding carboxylic acids is 1. The van der Waals surface area contributed by atoms with E-state index in [1.165, 1.54) is 5.69 Å². The molecule has 3 nitrogen and oxygen atoms in total. The molecule has 0 saturated carbocycles. The zero-order valence-electron chi connectivity index (χ0n) is 11.8. The Morgan fingerprint density at radius 2 is 1.81 bits per heavy atom. The number of hydrogen-bond donors (Lipinski definition) is 0. The van der Waals surface area contributed by atoms with E-state index in [1.54, 1.807) is 17.4 Å². The summed E-state index contributed by atoms with van der Waals surface area (Å²) in [5.74, 6) is 0.105. The van der Waals surface area contributed by atoms with E-state index in [0.717, 1.165) is 31.7 Å². The third kappa shape index (κ3) is 3.52. The largest absolute Gasteiger partial charge is 0.368 e. The van der Waals surface area contributed by atoms with Crippen LogP contribution in [0.2, 0.25) is 0 Å². The van der Waals surface area contributed by atoms with Crippen LogP contribution in [0, 0.1) is 0 Å². The smallest absolute Gasteiger partial charge is 0.246 e. The lowest BCUT2D eigenvalue weighted by molar-refractivity contribution is -0.126.